The van der Waals surface area contributed by atoms with Gasteiger partial charge in [0.1, 0.15) is 0 Å². The standard InChI is InChI=1S/C19H25NO3S/c1-4-15(2)17-10-12-19(13-11-17)24(22,23)20(14-16(3)21)18-8-6-5-7-9-18/h5-13,15-16,21H,4,14H2,1-3H3. The average Bonchev–Trinajstić information content (AvgIpc) is 2.59. The fraction of sp³-hybridized carbons (Fsp3) is 0.368. The van der Waals surface area contributed by atoms with Gasteiger partial charge in [-0.2, -0.15) is 0 Å². The highest BCUT2D eigenvalue weighted by Gasteiger charge is 2.26. The van der Waals surface area contributed by atoms with E-state index in [0.29, 0.717) is 11.6 Å². The lowest BCUT2D eigenvalue weighted by Gasteiger charge is -2.26. The average molecular weight is 347 g/mol. The first-order valence-electron chi connectivity index (χ1n) is 8.22. The van der Waals surface area contributed by atoms with Crippen molar-refractivity contribution in [2.24, 2.45) is 0 Å². The molecule has 2 atom stereocenters. The number of nitrogens with zero attached hydrogens (tertiary/aromatic N) is 1. The Hall–Kier alpha value is -1.85. The molecule has 24 heavy (non-hydrogen) atoms. The molecule has 2 aromatic carbocycles. The molecule has 2 aromatic rings. The molecule has 0 aliphatic heterocycles. The lowest BCUT2D eigenvalue weighted by atomic mass is 9.99. The molecule has 0 aliphatic rings. The molecule has 130 valence electrons. The zero-order valence-corrected chi connectivity index (χ0v) is 15.2. The molecule has 5 heteroatoms. The molecule has 4 nitrogen and oxygen atoms in total. The Morgan fingerprint density at radius 2 is 1.58 bits per heavy atom. The van der Waals surface area contributed by atoms with E-state index in [1.165, 1.54) is 4.31 Å². The van der Waals surface area contributed by atoms with Gasteiger partial charge in [0.05, 0.1) is 23.2 Å². The van der Waals surface area contributed by atoms with Crippen LogP contribution in [0.4, 0.5) is 5.69 Å². The van der Waals surface area contributed by atoms with Gasteiger partial charge in [-0.1, -0.05) is 44.2 Å². The molecule has 0 aromatic heterocycles. The van der Waals surface area contributed by atoms with Crippen molar-refractivity contribution < 1.29 is 13.5 Å². The first-order valence-corrected chi connectivity index (χ1v) is 9.66. The molecule has 2 rings (SSSR count). The smallest absolute Gasteiger partial charge is 0.264 e. The summed E-state index contributed by atoms with van der Waals surface area (Å²) in [6.45, 7) is 5.82. The third-order valence-corrected chi connectivity index (χ3v) is 5.93. The molecular weight excluding hydrogens is 322 g/mol. The number of anilines is 1. The largest absolute Gasteiger partial charge is 0.392 e. The van der Waals surface area contributed by atoms with Gasteiger partial charge in [0.15, 0.2) is 0 Å². The van der Waals surface area contributed by atoms with Crippen LogP contribution in [-0.4, -0.2) is 26.2 Å². The van der Waals surface area contributed by atoms with E-state index in [1.54, 1.807) is 43.3 Å². The van der Waals surface area contributed by atoms with E-state index in [1.807, 2.05) is 18.2 Å². The summed E-state index contributed by atoms with van der Waals surface area (Å²) in [5, 5.41) is 9.74. The van der Waals surface area contributed by atoms with Crippen molar-refractivity contribution >= 4 is 15.7 Å². The van der Waals surface area contributed by atoms with Crippen molar-refractivity contribution in [2.45, 2.75) is 44.1 Å². The van der Waals surface area contributed by atoms with Crippen molar-refractivity contribution in [3.05, 3.63) is 60.2 Å². The summed E-state index contributed by atoms with van der Waals surface area (Å²) in [5.74, 6) is 0.393. The highest BCUT2D eigenvalue weighted by molar-refractivity contribution is 7.92. The molecule has 0 bridgehead atoms. The summed E-state index contributed by atoms with van der Waals surface area (Å²) < 4.78 is 27.3. The van der Waals surface area contributed by atoms with E-state index >= 15 is 0 Å². The second-order valence-corrected chi connectivity index (χ2v) is 7.96. The van der Waals surface area contributed by atoms with Crippen LogP contribution in [0, 0.1) is 0 Å². The SMILES string of the molecule is CCC(C)c1ccc(S(=O)(=O)N(CC(C)O)c2ccccc2)cc1. The Balaban J connectivity index is 2.41. The van der Waals surface area contributed by atoms with Crippen LogP contribution in [0.3, 0.4) is 0 Å². The molecule has 0 amide bonds. The van der Waals surface area contributed by atoms with Crippen LogP contribution >= 0.6 is 0 Å². The molecule has 0 fully saturated rings. The van der Waals surface area contributed by atoms with Crippen LogP contribution < -0.4 is 4.31 Å². The first-order chi connectivity index (χ1) is 11.4. The van der Waals surface area contributed by atoms with E-state index < -0.39 is 16.1 Å². The van der Waals surface area contributed by atoms with Crippen LogP contribution in [0.2, 0.25) is 0 Å². The lowest BCUT2D eigenvalue weighted by molar-refractivity contribution is 0.204. The number of hydrogen-bond donors (Lipinski definition) is 1. The fourth-order valence-corrected chi connectivity index (χ4v) is 4.05. The van der Waals surface area contributed by atoms with E-state index in [4.69, 9.17) is 0 Å². The monoisotopic (exact) mass is 347 g/mol. The highest BCUT2D eigenvalue weighted by atomic mass is 32.2. The quantitative estimate of drug-likeness (QED) is 0.829. The number of para-hydroxylation sites is 1. The fourth-order valence-electron chi connectivity index (χ4n) is 2.51. The molecule has 0 heterocycles. The van der Waals surface area contributed by atoms with Crippen molar-refractivity contribution in [3.63, 3.8) is 0 Å². The van der Waals surface area contributed by atoms with Gasteiger partial charge in [-0.05, 0) is 49.1 Å². The summed E-state index contributed by atoms with van der Waals surface area (Å²) >= 11 is 0. The summed E-state index contributed by atoms with van der Waals surface area (Å²) in [7, 11) is -3.73. The molecule has 0 saturated carbocycles. The Morgan fingerprint density at radius 1 is 1.00 bits per heavy atom. The number of aliphatic hydroxyl groups is 1. The van der Waals surface area contributed by atoms with Gasteiger partial charge < -0.3 is 5.11 Å². The van der Waals surface area contributed by atoms with Gasteiger partial charge in [-0.15, -0.1) is 0 Å². The van der Waals surface area contributed by atoms with Gasteiger partial charge in [-0.25, -0.2) is 8.42 Å². The third kappa shape index (κ3) is 4.16. The van der Waals surface area contributed by atoms with Crippen LogP contribution in [0.1, 0.15) is 38.7 Å². The van der Waals surface area contributed by atoms with Gasteiger partial charge in [-0.3, -0.25) is 4.31 Å². The molecule has 1 N–H and O–H groups in total. The summed E-state index contributed by atoms with van der Waals surface area (Å²) in [4.78, 5) is 0.235. The molecule has 0 aliphatic carbocycles. The number of aliphatic hydroxyl groups excluding tert-OH is 1. The van der Waals surface area contributed by atoms with E-state index in [0.717, 1.165) is 12.0 Å². The summed E-state index contributed by atoms with van der Waals surface area (Å²) in [6.07, 6.45) is 0.240. The lowest BCUT2D eigenvalue weighted by Crippen LogP contribution is -2.36. The third-order valence-electron chi connectivity index (χ3n) is 4.12. The number of sulfonamides is 1. The second-order valence-electron chi connectivity index (χ2n) is 6.10. The Morgan fingerprint density at radius 3 is 2.08 bits per heavy atom. The predicted molar refractivity (Wildman–Crippen MR) is 97.8 cm³/mol. The minimum atomic E-state index is -3.73. The molecule has 0 radical (unpaired) electrons. The maximum atomic E-state index is 13.0. The van der Waals surface area contributed by atoms with Crippen molar-refractivity contribution in [1.29, 1.82) is 0 Å². The zero-order valence-electron chi connectivity index (χ0n) is 14.4. The maximum Gasteiger partial charge on any atom is 0.264 e. The van der Waals surface area contributed by atoms with E-state index in [-0.39, 0.29) is 11.4 Å². The topological polar surface area (TPSA) is 57.6 Å². The highest BCUT2D eigenvalue weighted by Crippen LogP contribution is 2.26. The summed E-state index contributed by atoms with van der Waals surface area (Å²) in [5.41, 5.74) is 1.67. The van der Waals surface area contributed by atoms with Gasteiger partial charge in [0.2, 0.25) is 0 Å². The molecule has 0 saturated heterocycles. The minimum Gasteiger partial charge on any atom is -0.392 e. The zero-order chi connectivity index (χ0) is 17.7. The number of benzene rings is 2. The molecule has 0 spiro atoms. The minimum absolute atomic E-state index is 0.0134. The predicted octanol–water partition coefficient (Wildman–Crippen LogP) is 3.78. The van der Waals surface area contributed by atoms with Crippen molar-refractivity contribution in [1.82, 2.24) is 0 Å². The van der Waals surface area contributed by atoms with Crippen LogP contribution in [0.25, 0.3) is 0 Å². The normalized spacial score (nSPS) is 14.2. The van der Waals surface area contributed by atoms with Gasteiger partial charge >= 0.3 is 0 Å². The van der Waals surface area contributed by atoms with E-state index in [2.05, 4.69) is 13.8 Å². The van der Waals surface area contributed by atoms with Crippen LogP contribution in [0.5, 0.6) is 0 Å². The first kappa shape index (κ1) is 18.5. The van der Waals surface area contributed by atoms with Crippen LogP contribution in [-0.2, 0) is 10.0 Å². The number of rotatable bonds is 7. The number of hydrogen-bond acceptors (Lipinski definition) is 3. The van der Waals surface area contributed by atoms with Crippen molar-refractivity contribution in [3.8, 4) is 0 Å². The Kier molecular flexibility index (Phi) is 6.02. The summed E-state index contributed by atoms with van der Waals surface area (Å²) in [6, 6.07) is 15.9. The molecule has 2 unspecified atom stereocenters. The Bertz CT molecular complexity index is 740. The molecular formula is C19H25NO3S. The van der Waals surface area contributed by atoms with Crippen LogP contribution in [0.15, 0.2) is 59.5 Å². The van der Waals surface area contributed by atoms with E-state index in [9.17, 15) is 13.5 Å². The Labute approximate surface area is 144 Å². The van der Waals surface area contributed by atoms with Gasteiger partial charge in [0.25, 0.3) is 10.0 Å². The van der Waals surface area contributed by atoms with Gasteiger partial charge in [0, 0.05) is 0 Å². The second kappa shape index (κ2) is 7.81. The van der Waals surface area contributed by atoms with Crippen molar-refractivity contribution in [2.75, 3.05) is 10.8 Å². The maximum absolute atomic E-state index is 13.0.